The number of hydrogen-bond acceptors (Lipinski definition) is 3. The molecule has 0 aliphatic carbocycles. The lowest BCUT2D eigenvalue weighted by atomic mass is 10.1. The Bertz CT molecular complexity index is 540. The van der Waals surface area contributed by atoms with Crippen LogP contribution in [0, 0.1) is 11.8 Å². The van der Waals surface area contributed by atoms with Gasteiger partial charge in [-0.2, -0.15) is 9.98 Å². The van der Waals surface area contributed by atoms with Gasteiger partial charge in [-0.15, -0.1) is 0 Å². The van der Waals surface area contributed by atoms with Gasteiger partial charge < -0.3 is 9.88 Å². The van der Waals surface area contributed by atoms with E-state index in [1.54, 1.807) is 12.5 Å². The first kappa shape index (κ1) is 18.1. The van der Waals surface area contributed by atoms with Gasteiger partial charge in [0.05, 0.1) is 23.9 Å². The smallest absolute Gasteiger partial charge is 0.361 e. The van der Waals surface area contributed by atoms with E-state index in [4.69, 9.17) is 0 Å². The molecule has 1 N–H and O–H groups in total. The molecular weight excluding hydrogens is 278 g/mol. The minimum atomic E-state index is -0.365. The van der Waals surface area contributed by atoms with Gasteiger partial charge in [0.1, 0.15) is 5.82 Å². The standard InChI is InChI=1S/C9H17N3.C7H10N2O/c1-7(2)5-8-9(12(3)4)11-6-10-8;1-5(2)3-6-4-8-7(10)9-6/h6-7H,5H2,1-4H3,(H,10,11);4-5H,3H2,1-2H3. The molecular formula is C16H27N5O. The Morgan fingerprint density at radius 1 is 1.14 bits per heavy atom. The Morgan fingerprint density at radius 2 is 1.77 bits per heavy atom. The van der Waals surface area contributed by atoms with Crippen LogP contribution < -0.4 is 4.90 Å². The molecule has 1 aromatic heterocycles. The molecule has 1 aliphatic rings. The van der Waals surface area contributed by atoms with Crippen LogP contribution in [0.25, 0.3) is 0 Å². The van der Waals surface area contributed by atoms with Crippen molar-refractivity contribution in [1.29, 1.82) is 0 Å². The normalized spacial score (nSPS) is 13.5. The fourth-order valence-electron chi connectivity index (χ4n) is 2.08. The highest BCUT2D eigenvalue weighted by Crippen LogP contribution is 2.16. The molecule has 0 atom stereocenters. The van der Waals surface area contributed by atoms with Crippen molar-refractivity contribution in [3.8, 4) is 0 Å². The van der Waals surface area contributed by atoms with Crippen LogP contribution in [0.15, 0.2) is 16.3 Å². The minimum absolute atomic E-state index is 0.365. The number of aromatic nitrogens is 2. The monoisotopic (exact) mass is 305 g/mol. The maximum atomic E-state index is 10.4. The van der Waals surface area contributed by atoms with Gasteiger partial charge in [0, 0.05) is 14.1 Å². The molecule has 1 aliphatic heterocycles. The molecule has 22 heavy (non-hydrogen) atoms. The summed E-state index contributed by atoms with van der Waals surface area (Å²) in [6, 6.07) is -0.365. The molecule has 0 saturated heterocycles. The van der Waals surface area contributed by atoms with Crippen LogP contribution in [-0.2, 0) is 6.42 Å². The van der Waals surface area contributed by atoms with Gasteiger partial charge in [0.15, 0.2) is 0 Å². The van der Waals surface area contributed by atoms with Crippen molar-refractivity contribution in [3.05, 3.63) is 12.0 Å². The van der Waals surface area contributed by atoms with E-state index in [9.17, 15) is 4.79 Å². The number of hydrogen-bond donors (Lipinski definition) is 1. The number of carbonyl (C=O) groups excluding carboxylic acids is 1. The number of imidazole rings is 1. The van der Waals surface area contributed by atoms with E-state index in [0.29, 0.717) is 11.8 Å². The Balaban J connectivity index is 0.000000224. The van der Waals surface area contributed by atoms with E-state index >= 15 is 0 Å². The quantitative estimate of drug-likeness (QED) is 0.906. The van der Waals surface area contributed by atoms with Gasteiger partial charge in [-0.3, -0.25) is 0 Å². The van der Waals surface area contributed by atoms with Gasteiger partial charge in [0.2, 0.25) is 0 Å². The number of aromatic amines is 1. The molecule has 0 spiro atoms. The van der Waals surface area contributed by atoms with Crippen molar-refractivity contribution < 1.29 is 4.79 Å². The SMILES string of the molecule is CC(C)CC1=NC(=O)N=C1.CC(C)Cc1[nH]cnc1N(C)C. The van der Waals surface area contributed by atoms with Crippen molar-refractivity contribution in [2.75, 3.05) is 19.0 Å². The molecule has 0 saturated carbocycles. The summed E-state index contributed by atoms with van der Waals surface area (Å²) in [4.78, 5) is 27.1. The average molecular weight is 305 g/mol. The zero-order chi connectivity index (χ0) is 16.7. The van der Waals surface area contributed by atoms with Gasteiger partial charge in [0.25, 0.3) is 0 Å². The van der Waals surface area contributed by atoms with E-state index in [1.165, 1.54) is 5.69 Å². The second-order valence-electron chi connectivity index (χ2n) is 6.44. The number of H-pyrrole nitrogens is 1. The zero-order valence-electron chi connectivity index (χ0n) is 14.4. The lowest BCUT2D eigenvalue weighted by Gasteiger charge is -2.12. The number of nitrogens with one attached hydrogen (secondary N) is 1. The summed E-state index contributed by atoms with van der Waals surface area (Å²) < 4.78 is 0. The maximum Gasteiger partial charge on any atom is 0.367 e. The largest absolute Gasteiger partial charge is 0.367 e. The lowest BCUT2D eigenvalue weighted by Crippen LogP contribution is -2.12. The van der Waals surface area contributed by atoms with Crippen molar-refractivity contribution >= 4 is 23.8 Å². The molecule has 2 heterocycles. The van der Waals surface area contributed by atoms with Crippen LogP contribution in [0.4, 0.5) is 10.6 Å². The van der Waals surface area contributed by atoms with Crippen LogP contribution in [0.3, 0.4) is 0 Å². The molecule has 2 rings (SSSR count). The Kier molecular flexibility index (Phi) is 6.95. The predicted molar refractivity (Wildman–Crippen MR) is 92.2 cm³/mol. The number of carbonyl (C=O) groups is 1. The van der Waals surface area contributed by atoms with Crippen LogP contribution >= 0.6 is 0 Å². The van der Waals surface area contributed by atoms with Crippen molar-refractivity contribution in [1.82, 2.24) is 9.97 Å². The first-order valence-electron chi connectivity index (χ1n) is 7.64. The molecule has 6 heteroatoms. The molecule has 1 aromatic rings. The van der Waals surface area contributed by atoms with E-state index in [1.807, 2.05) is 19.0 Å². The summed E-state index contributed by atoms with van der Waals surface area (Å²) in [6.45, 7) is 8.58. The van der Waals surface area contributed by atoms with Crippen molar-refractivity contribution in [2.45, 2.75) is 40.5 Å². The second-order valence-corrected chi connectivity index (χ2v) is 6.44. The lowest BCUT2D eigenvalue weighted by molar-refractivity contribution is 0.257. The van der Waals surface area contributed by atoms with Crippen LogP contribution in [0.5, 0.6) is 0 Å². The fourth-order valence-corrected chi connectivity index (χ4v) is 2.08. The third-order valence-electron chi connectivity index (χ3n) is 2.91. The molecule has 6 nitrogen and oxygen atoms in total. The number of urea groups is 1. The van der Waals surface area contributed by atoms with Crippen LogP contribution in [0.1, 0.15) is 39.8 Å². The van der Waals surface area contributed by atoms with Gasteiger partial charge in [-0.25, -0.2) is 9.78 Å². The Labute approximate surface area is 132 Å². The highest BCUT2D eigenvalue weighted by molar-refractivity contribution is 6.37. The van der Waals surface area contributed by atoms with Crippen molar-refractivity contribution in [2.24, 2.45) is 21.8 Å². The molecule has 0 aromatic carbocycles. The van der Waals surface area contributed by atoms with E-state index < -0.39 is 0 Å². The molecule has 0 bridgehead atoms. The second kappa shape index (κ2) is 8.46. The van der Waals surface area contributed by atoms with Gasteiger partial charge in [-0.1, -0.05) is 27.7 Å². The van der Waals surface area contributed by atoms with Crippen LogP contribution in [0.2, 0.25) is 0 Å². The average Bonchev–Trinajstić information content (AvgIpc) is 2.98. The van der Waals surface area contributed by atoms with E-state index in [0.717, 1.165) is 24.4 Å². The first-order chi connectivity index (χ1) is 10.3. The predicted octanol–water partition coefficient (Wildman–Crippen LogP) is 3.35. The summed E-state index contributed by atoms with van der Waals surface area (Å²) in [5, 5.41) is 0. The molecule has 0 radical (unpaired) electrons. The summed E-state index contributed by atoms with van der Waals surface area (Å²) >= 11 is 0. The topological polar surface area (TPSA) is 73.7 Å². The van der Waals surface area contributed by atoms with Gasteiger partial charge in [-0.05, 0) is 24.7 Å². The van der Waals surface area contributed by atoms with Crippen molar-refractivity contribution in [3.63, 3.8) is 0 Å². The summed E-state index contributed by atoms with van der Waals surface area (Å²) in [5.41, 5.74) is 2.04. The van der Waals surface area contributed by atoms with Crippen LogP contribution in [-0.4, -0.2) is 42.0 Å². The zero-order valence-corrected chi connectivity index (χ0v) is 14.4. The minimum Gasteiger partial charge on any atom is -0.361 e. The summed E-state index contributed by atoms with van der Waals surface area (Å²) in [6.07, 6.45) is 5.21. The summed E-state index contributed by atoms with van der Waals surface area (Å²) in [7, 11) is 4.03. The number of rotatable bonds is 5. The van der Waals surface area contributed by atoms with Gasteiger partial charge >= 0.3 is 6.03 Å². The Hall–Kier alpha value is -1.98. The number of nitrogens with zero attached hydrogens (tertiary/aromatic N) is 4. The Morgan fingerprint density at radius 3 is 2.23 bits per heavy atom. The highest BCUT2D eigenvalue weighted by Gasteiger charge is 2.09. The number of anilines is 1. The fraction of sp³-hybridized carbons (Fsp3) is 0.625. The van der Waals surface area contributed by atoms with E-state index in [2.05, 4.69) is 47.6 Å². The molecule has 0 unspecified atom stereocenters. The third-order valence-corrected chi connectivity index (χ3v) is 2.91. The summed E-state index contributed by atoms with van der Waals surface area (Å²) in [5.74, 6) is 2.27. The molecule has 122 valence electrons. The first-order valence-corrected chi connectivity index (χ1v) is 7.64. The highest BCUT2D eigenvalue weighted by atomic mass is 16.2. The molecule has 0 fully saturated rings. The molecule has 2 amide bonds. The third kappa shape index (κ3) is 6.20. The number of aliphatic imine (C=N–C) groups is 2. The number of amides is 2. The maximum absolute atomic E-state index is 10.4. The van der Waals surface area contributed by atoms with E-state index in [-0.39, 0.29) is 6.03 Å².